The van der Waals surface area contributed by atoms with Crippen LogP contribution in [0.15, 0.2) is 0 Å². The van der Waals surface area contributed by atoms with E-state index in [0.717, 1.165) is 38.3 Å². The summed E-state index contributed by atoms with van der Waals surface area (Å²) in [4.78, 5) is 13.8. The number of likely N-dealkylation sites (tertiary alicyclic amines) is 1. The van der Waals surface area contributed by atoms with Gasteiger partial charge < -0.3 is 10.0 Å². The van der Waals surface area contributed by atoms with Gasteiger partial charge in [0.2, 0.25) is 0 Å². The Kier molecular flexibility index (Phi) is 4.08. The lowest BCUT2D eigenvalue weighted by atomic mass is 9.76. The van der Waals surface area contributed by atoms with Crippen molar-refractivity contribution in [1.82, 2.24) is 4.90 Å². The van der Waals surface area contributed by atoms with E-state index in [1.54, 1.807) is 0 Å². The standard InChI is InChI=1S/C14H25NO2/c1-2-14(13(16)17)7-9-15(10-8-14)11-12-5-3-4-6-12/h12H,2-11H2,1H3,(H,16,17). The van der Waals surface area contributed by atoms with Crippen LogP contribution in [0.2, 0.25) is 0 Å². The second kappa shape index (κ2) is 5.38. The fraction of sp³-hybridized carbons (Fsp3) is 0.929. The van der Waals surface area contributed by atoms with Crippen LogP contribution in [0.25, 0.3) is 0 Å². The number of rotatable bonds is 4. The summed E-state index contributed by atoms with van der Waals surface area (Å²) in [7, 11) is 0. The fourth-order valence-electron chi connectivity index (χ4n) is 3.44. The molecule has 2 aliphatic rings. The average molecular weight is 239 g/mol. The first-order valence-corrected chi connectivity index (χ1v) is 7.12. The van der Waals surface area contributed by atoms with Gasteiger partial charge in [0.15, 0.2) is 0 Å². The van der Waals surface area contributed by atoms with Crippen LogP contribution in [-0.2, 0) is 4.79 Å². The Bertz CT molecular complexity index is 263. The summed E-state index contributed by atoms with van der Waals surface area (Å²) in [5, 5.41) is 9.34. The highest BCUT2D eigenvalue weighted by atomic mass is 16.4. The number of nitrogens with zero attached hydrogens (tertiary/aromatic N) is 1. The van der Waals surface area contributed by atoms with Gasteiger partial charge in [0.25, 0.3) is 0 Å². The van der Waals surface area contributed by atoms with Crippen molar-refractivity contribution in [1.29, 1.82) is 0 Å². The van der Waals surface area contributed by atoms with Crippen LogP contribution in [0.5, 0.6) is 0 Å². The van der Waals surface area contributed by atoms with Crippen molar-refractivity contribution < 1.29 is 9.90 Å². The van der Waals surface area contributed by atoms with Crippen LogP contribution in [0.4, 0.5) is 0 Å². The molecule has 2 fully saturated rings. The molecule has 0 amide bonds. The molecule has 17 heavy (non-hydrogen) atoms. The maximum atomic E-state index is 11.3. The third-order valence-electron chi connectivity index (χ3n) is 4.93. The number of hydrogen-bond acceptors (Lipinski definition) is 2. The highest BCUT2D eigenvalue weighted by Crippen LogP contribution is 2.36. The summed E-state index contributed by atoms with van der Waals surface area (Å²) in [6.45, 7) is 5.19. The van der Waals surface area contributed by atoms with Crippen LogP contribution in [0.1, 0.15) is 51.9 Å². The molecule has 0 atom stereocenters. The maximum absolute atomic E-state index is 11.3. The molecule has 0 aromatic heterocycles. The Morgan fingerprint density at radius 2 is 1.88 bits per heavy atom. The zero-order chi connectivity index (χ0) is 12.3. The van der Waals surface area contributed by atoms with E-state index < -0.39 is 11.4 Å². The van der Waals surface area contributed by atoms with Gasteiger partial charge in [0.1, 0.15) is 0 Å². The van der Waals surface area contributed by atoms with E-state index in [-0.39, 0.29) is 0 Å². The second-order valence-electron chi connectivity index (χ2n) is 5.89. The number of hydrogen-bond donors (Lipinski definition) is 1. The Balaban J connectivity index is 1.82. The molecule has 2 rings (SSSR count). The van der Waals surface area contributed by atoms with E-state index in [1.807, 2.05) is 6.92 Å². The molecule has 0 spiro atoms. The SMILES string of the molecule is CCC1(C(=O)O)CCN(CC2CCCC2)CC1. The van der Waals surface area contributed by atoms with Crippen LogP contribution in [-0.4, -0.2) is 35.6 Å². The van der Waals surface area contributed by atoms with Gasteiger partial charge in [-0.05, 0) is 51.1 Å². The van der Waals surface area contributed by atoms with Crippen molar-refractivity contribution in [3.63, 3.8) is 0 Å². The largest absolute Gasteiger partial charge is 0.481 e. The quantitative estimate of drug-likeness (QED) is 0.820. The zero-order valence-corrected chi connectivity index (χ0v) is 11.0. The molecule has 98 valence electrons. The molecule has 3 heteroatoms. The molecule has 1 N–H and O–H groups in total. The van der Waals surface area contributed by atoms with E-state index in [4.69, 9.17) is 0 Å². The molecule has 0 bridgehead atoms. The minimum atomic E-state index is -0.583. The summed E-state index contributed by atoms with van der Waals surface area (Å²) in [6.07, 6.45) is 8.01. The lowest BCUT2D eigenvalue weighted by Gasteiger charge is -2.39. The summed E-state index contributed by atoms with van der Waals surface area (Å²) in [6, 6.07) is 0. The van der Waals surface area contributed by atoms with Crippen molar-refractivity contribution >= 4 is 5.97 Å². The third-order valence-corrected chi connectivity index (χ3v) is 4.93. The first-order chi connectivity index (χ1) is 8.16. The zero-order valence-electron chi connectivity index (χ0n) is 11.0. The summed E-state index contributed by atoms with van der Waals surface area (Å²) >= 11 is 0. The Labute approximate surface area is 104 Å². The molecule has 1 aliphatic carbocycles. The van der Waals surface area contributed by atoms with E-state index in [1.165, 1.54) is 32.2 Å². The summed E-state index contributed by atoms with van der Waals surface area (Å²) in [5.74, 6) is 0.300. The first kappa shape index (κ1) is 12.9. The molecule has 0 unspecified atom stereocenters. The molecule has 1 aliphatic heterocycles. The maximum Gasteiger partial charge on any atom is 0.309 e. The minimum absolute atomic E-state index is 0.424. The molecule has 1 saturated carbocycles. The van der Waals surface area contributed by atoms with Gasteiger partial charge >= 0.3 is 5.97 Å². The molecule has 3 nitrogen and oxygen atoms in total. The fourth-order valence-corrected chi connectivity index (χ4v) is 3.44. The number of aliphatic carboxylic acids is 1. The smallest absolute Gasteiger partial charge is 0.309 e. The molecular weight excluding hydrogens is 214 g/mol. The Hall–Kier alpha value is -0.570. The average Bonchev–Trinajstić information content (AvgIpc) is 2.83. The topological polar surface area (TPSA) is 40.5 Å². The van der Waals surface area contributed by atoms with Crippen LogP contribution < -0.4 is 0 Å². The molecule has 0 aromatic carbocycles. The number of carboxylic acid groups (broad SMARTS) is 1. The van der Waals surface area contributed by atoms with Crippen LogP contribution in [0, 0.1) is 11.3 Å². The minimum Gasteiger partial charge on any atom is -0.481 e. The Morgan fingerprint density at radius 1 is 1.29 bits per heavy atom. The molecule has 1 saturated heterocycles. The predicted molar refractivity (Wildman–Crippen MR) is 68.0 cm³/mol. The predicted octanol–water partition coefficient (Wildman–Crippen LogP) is 2.75. The van der Waals surface area contributed by atoms with Gasteiger partial charge in [-0.25, -0.2) is 0 Å². The van der Waals surface area contributed by atoms with Crippen molar-refractivity contribution in [3.8, 4) is 0 Å². The molecule has 0 aromatic rings. The lowest BCUT2D eigenvalue weighted by molar-refractivity contribution is -0.152. The van der Waals surface area contributed by atoms with E-state index in [0.29, 0.717) is 0 Å². The van der Waals surface area contributed by atoms with Gasteiger partial charge in [0, 0.05) is 6.54 Å². The molecular formula is C14H25NO2. The Morgan fingerprint density at radius 3 is 2.35 bits per heavy atom. The first-order valence-electron chi connectivity index (χ1n) is 7.12. The number of carboxylic acids is 1. The highest BCUT2D eigenvalue weighted by molar-refractivity contribution is 5.74. The van der Waals surface area contributed by atoms with E-state index >= 15 is 0 Å². The van der Waals surface area contributed by atoms with Crippen LogP contribution in [0.3, 0.4) is 0 Å². The normalized spacial score (nSPS) is 26.2. The van der Waals surface area contributed by atoms with Gasteiger partial charge in [-0.15, -0.1) is 0 Å². The van der Waals surface area contributed by atoms with Crippen molar-refractivity contribution in [3.05, 3.63) is 0 Å². The number of piperidine rings is 1. The highest BCUT2D eigenvalue weighted by Gasteiger charge is 2.40. The van der Waals surface area contributed by atoms with Gasteiger partial charge in [-0.2, -0.15) is 0 Å². The summed E-state index contributed by atoms with van der Waals surface area (Å²) in [5.41, 5.74) is -0.424. The second-order valence-corrected chi connectivity index (χ2v) is 5.89. The molecule has 1 heterocycles. The van der Waals surface area contributed by atoms with Gasteiger partial charge in [-0.3, -0.25) is 4.79 Å². The van der Waals surface area contributed by atoms with Crippen molar-refractivity contribution in [2.45, 2.75) is 51.9 Å². The van der Waals surface area contributed by atoms with Crippen molar-refractivity contribution in [2.24, 2.45) is 11.3 Å². The van der Waals surface area contributed by atoms with Crippen LogP contribution >= 0.6 is 0 Å². The summed E-state index contributed by atoms with van der Waals surface area (Å²) < 4.78 is 0. The van der Waals surface area contributed by atoms with E-state index in [9.17, 15) is 9.90 Å². The van der Waals surface area contributed by atoms with Gasteiger partial charge in [0.05, 0.1) is 5.41 Å². The van der Waals surface area contributed by atoms with Gasteiger partial charge in [-0.1, -0.05) is 19.8 Å². The molecule has 0 radical (unpaired) electrons. The third kappa shape index (κ3) is 2.82. The monoisotopic (exact) mass is 239 g/mol. The van der Waals surface area contributed by atoms with Crippen molar-refractivity contribution in [2.75, 3.05) is 19.6 Å². The number of carbonyl (C=O) groups is 1. The van der Waals surface area contributed by atoms with E-state index in [2.05, 4.69) is 4.90 Å². The lowest BCUT2D eigenvalue weighted by Crippen LogP contribution is -2.45.